The molecule has 0 saturated heterocycles. The minimum absolute atomic E-state index is 0.568. The van der Waals surface area contributed by atoms with Crippen molar-refractivity contribution in [1.82, 2.24) is 0 Å². The van der Waals surface area contributed by atoms with Crippen molar-refractivity contribution in [2.75, 3.05) is 12.5 Å². The van der Waals surface area contributed by atoms with E-state index in [9.17, 15) is 0 Å². The number of hydrogen-bond donors (Lipinski definition) is 0. The van der Waals surface area contributed by atoms with E-state index in [-0.39, 0.29) is 0 Å². The summed E-state index contributed by atoms with van der Waals surface area (Å²) in [5.41, 5.74) is 2.33. The zero-order valence-corrected chi connectivity index (χ0v) is 13.8. The minimum Gasteiger partial charge on any atom is -0.492 e. The van der Waals surface area contributed by atoms with Crippen LogP contribution in [0.4, 0.5) is 0 Å². The lowest BCUT2D eigenvalue weighted by Crippen LogP contribution is -1.94. The molecule has 0 spiro atoms. The molecular weight excluding hydrogens is 367 g/mol. The fourth-order valence-corrected chi connectivity index (χ4v) is 3.13. The van der Waals surface area contributed by atoms with Crippen LogP contribution in [0, 0.1) is 0 Å². The van der Waals surface area contributed by atoms with Gasteiger partial charge in [-0.1, -0.05) is 18.6 Å². The van der Waals surface area contributed by atoms with Gasteiger partial charge in [0.2, 0.25) is 0 Å². The zero-order valence-electron chi connectivity index (χ0n) is 9.90. The van der Waals surface area contributed by atoms with Crippen LogP contribution in [0.5, 0.6) is 5.75 Å². The number of rotatable bonds is 5. The van der Waals surface area contributed by atoms with Crippen LogP contribution in [0.1, 0.15) is 25.8 Å². The maximum Gasteiger partial charge on any atom is 0.147 e. The lowest BCUT2D eigenvalue weighted by molar-refractivity contribution is 0.336. The Kier molecular flexibility index (Phi) is 6.60. The summed E-state index contributed by atoms with van der Waals surface area (Å²) in [6.45, 7) is 4.72. The van der Waals surface area contributed by atoms with Crippen molar-refractivity contribution in [2.24, 2.45) is 0 Å². The predicted molar refractivity (Wildman–Crippen MR) is 82.0 cm³/mol. The van der Waals surface area contributed by atoms with E-state index in [2.05, 4.69) is 44.9 Å². The Morgan fingerprint density at radius 3 is 2.29 bits per heavy atom. The molecular formula is C13H15Br2ClO. The number of alkyl halides is 1. The van der Waals surface area contributed by atoms with Gasteiger partial charge in [0.05, 0.1) is 15.6 Å². The normalized spacial score (nSPS) is 11.7. The SMILES string of the molecule is CCOc1c(Br)cc(C=C(CC)CCl)cc1Br. The molecule has 4 heteroatoms. The first-order valence-corrected chi connectivity index (χ1v) is 7.61. The van der Waals surface area contributed by atoms with Crippen molar-refractivity contribution >= 4 is 49.5 Å². The van der Waals surface area contributed by atoms with Crippen LogP contribution in [0.2, 0.25) is 0 Å². The van der Waals surface area contributed by atoms with Gasteiger partial charge in [0, 0.05) is 5.88 Å². The molecule has 1 aromatic rings. The third kappa shape index (κ3) is 4.31. The largest absolute Gasteiger partial charge is 0.492 e. The van der Waals surface area contributed by atoms with Crippen LogP contribution in [-0.4, -0.2) is 12.5 Å². The van der Waals surface area contributed by atoms with Crippen molar-refractivity contribution in [2.45, 2.75) is 20.3 Å². The van der Waals surface area contributed by atoms with Crippen LogP contribution in [0.15, 0.2) is 26.7 Å². The quantitative estimate of drug-likeness (QED) is 0.599. The maximum atomic E-state index is 5.86. The molecule has 0 atom stereocenters. The summed E-state index contributed by atoms with van der Waals surface area (Å²) < 4.78 is 7.44. The van der Waals surface area contributed by atoms with E-state index in [4.69, 9.17) is 16.3 Å². The molecule has 94 valence electrons. The summed E-state index contributed by atoms with van der Waals surface area (Å²) in [6.07, 6.45) is 3.07. The van der Waals surface area contributed by atoms with Crippen molar-refractivity contribution < 1.29 is 4.74 Å². The topological polar surface area (TPSA) is 9.23 Å². The lowest BCUT2D eigenvalue weighted by atomic mass is 10.1. The van der Waals surface area contributed by atoms with E-state index in [1.165, 1.54) is 5.57 Å². The molecule has 0 radical (unpaired) electrons. The maximum absolute atomic E-state index is 5.86. The van der Waals surface area contributed by atoms with Crippen LogP contribution < -0.4 is 4.74 Å². The summed E-state index contributed by atoms with van der Waals surface area (Å²) in [5.74, 6) is 1.41. The molecule has 1 aromatic carbocycles. The van der Waals surface area contributed by atoms with Gasteiger partial charge in [0.25, 0.3) is 0 Å². The van der Waals surface area contributed by atoms with Crippen LogP contribution in [-0.2, 0) is 0 Å². The standard InChI is InChI=1S/C13H15Br2ClO/c1-3-9(8-16)5-10-6-11(14)13(17-4-2)12(15)7-10/h5-7H,3-4,8H2,1-2H3. The first-order valence-electron chi connectivity index (χ1n) is 5.49. The molecule has 1 nitrogen and oxygen atoms in total. The molecule has 0 heterocycles. The second kappa shape index (κ2) is 7.45. The second-order valence-corrected chi connectivity index (χ2v) is 5.51. The van der Waals surface area contributed by atoms with Crippen molar-refractivity contribution in [3.63, 3.8) is 0 Å². The molecule has 0 amide bonds. The molecule has 0 unspecified atom stereocenters. The molecule has 0 aromatic heterocycles. The summed E-state index contributed by atoms with van der Waals surface area (Å²) in [5, 5.41) is 0. The Labute approximate surface area is 124 Å². The van der Waals surface area contributed by atoms with E-state index >= 15 is 0 Å². The van der Waals surface area contributed by atoms with Crippen molar-refractivity contribution in [3.05, 3.63) is 32.2 Å². The fraction of sp³-hybridized carbons (Fsp3) is 0.385. The molecule has 0 saturated carbocycles. The molecule has 0 aliphatic heterocycles. The smallest absolute Gasteiger partial charge is 0.147 e. The number of hydrogen-bond acceptors (Lipinski definition) is 1. The number of ether oxygens (including phenoxy) is 1. The van der Waals surface area contributed by atoms with Crippen molar-refractivity contribution in [1.29, 1.82) is 0 Å². The Balaban J connectivity index is 3.09. The van der Waals surface area contributed by atoms with E-state index in [0.717, 1.165) is 26.7 Å². The number of halogens is 3. The first-order chi connectivity index (χ1) is 8.12. The van der Waals surface area contributed by atoms with Crippen LogP contribution in [0.3, 0.4) is 0 Å². The second-order valence-electron chi connectivity index (χ2n) is 3.54. The molecule has 0 aliphatic rings. The van der Waals surface area contributed by atoms with Crippen LogP contribution >= 0.6 is 43.5 Å². The van der Waals surface area contributed by atoms with Gasteiger partial charge in [-0.15, -0.1) is 11.6 Å². The van der Waals surface area contributed by atoms with Gasteiger partial charge in [0.1, 0.15) is 5.75 Å². The first kappa shape index (κ1) is 15.1. The summed E-state index contributed by atoms with van der Waals surface area (Å²) >= 11 is 12.9. The molecule has 1 rings (SSSR count). The van der Waals surface area contributed by atoms with Crippen LogP contribution in [0.25, 0.3) is 6.08 Å². The van der Waals surface area contributed by atoms with E-state index < -0.39 is 0 Å². The highest BCUT2D eigenvalue weighted by Crippen LogP contribution is 2.35. The third-order valence-corrected chi connectivity index (χ3v) is 3.83. The predicted octanol–water partition coefficient (Wildman–Crippen LogP) is 5.64. The highest BCUT2D eigenvalue weighted by molar-refractivity contribution is 9.11. The number of benzene rings is 1. The Hall–Kier alpha value is 0.01000. The van der Waals surface area contributed by atoms with Gasteiger partial charge >= 0.3 is 0 Å². The fourth-order valence-electron chi connectivity index (χ4n) is 1.42. The lowest BCUT2D eigenvalue weighted by Gasteiger charge is -2.10. The summed E-state index contributed by atoms with van der Waals surface area (Å²) in [4.78, 5) is 0. The molecule has 0 aliphatic carbocycles. The van der Waals surface area contributed by atoms with Gasteiger partial charge in [-0.3, -0.25) is 0 Å². The summed E-state index contributed by atoms with van der Waals surface area (Å²) in [6, 6.07) is 4.08. The summed E-state index contributed by atoms with van der Waals surface area (Å²) in [7, 11) is 0. The Bertz CT molecular complexity index is 387. The van der Waals surface area contributed by atoms with E-state index in [0.29, 0.717) is 12.5 Å². The Morgan fingerprint density at radius 2 is 1.88 bits per heavy atom. The molecule has 0 bridgehead atoms. The molecule has 17 heavy (non-hydrogen) atoms. The van der Waals surface area contributed by atoms with Gasteiger partial charge in [-0.25, -0.2) is 0 Å². The van der Waals surface area contributed by atoms with Gasteiger partial charge in [-0.05, 0) is 62.9 Å². The number of allylic oxidation sites excluding steroid dienone is 1. The monoisotopic (exact) mass is 380 g/mol. The highest BCUT2D eigenvalue weighted by Gasteiger charge is 2.07. The molecule has 0 fully saturated rings. The average molecular weight is 383 g/mol. The average Bonchev–Trinajstić information content (AvgIpc) is 2.30. The van der Waals surface area contributed by atoms with Crippen molar-refractivity contribution in [3.8, 4) is 5.75 Å². The third-order valence-electron chi connectivity index (χ3n) is 2.31. The van der Waals surface area contributed by atoms with E-state index in [1.54, 1.807) is 0 Å². The van der Waals surface area contributed by atoms with E-state index in [1.807, 2.05) is 19.1 Å². The minimum atomic E-state index is 0.568. The molecule has 0 N–H and O–H groups in total. The highest BCUT2D eigenvalue weighted by atomic mass is 79.9. The zero-order chi connectivity index (χ0) is 12.8. The Morgan fingerprint density at radius 1 is 1.29 bits per heavy atom. The van der Waals surface area contributed by atoms with Gasteiger partial charge < -0.3 is 4.74 Å². The van der Waals surface area contributed by atoms with Gasteiger partial charge in [-0.2, -0.15) is 0 Å². The van der Waals surface area contributed by atoms with Gasteiger partial charge in [0.15, 0.2) is 0 Å².